The highest BCUT2D eigenvalue weighted by molar-refractivity contribution is 6.08. The molecule has 0 radical (unpaired) electrons. The molecule has 0 saturated carbocycles. The van der Waals surface area contributed by atoms with Crippen LogP contribution in [0.4, 0.5) is 11.4 Å². The summed E-state index contributed by atoms with van der Waals surface area (Å²) < 4.78 is 2.06. The van der Waals surface area contributed by atoms with Crippen molar-refractivity contribution in [2.24, 2.45) is 0 Å². The molecule has 2 aliphatic heterocycles. The third-order valence-corrected chi connectivity index (χ3v) is 11.9. The lowest BCUT2D eigenvalue weighted by Gasteiger charge is -2.27. The molecule has 2 aliphatic rings. The normalized spacial score (nSPS) is 16.9. The van der Waals surface area contributed by atoms with E-state index in [0.717, 1.165) is 61.0 Å². The van der Waals surface area contributed by atoms with E-state index in [4.69, 9.17) is 10.2 Å². The molecule has 2 heterocycles. The van der Waals surface area contributed by atoms with Crippen LogP contribution in [-0.4, -0.2) is 91.6 Å². The minimum Gasteiger partial charge on any atom is -0.481 e. The number of nitrogens with zero attached hydrogens (tertiary/aromatic N) is 2. The maximum atomic E-state index is 13.0. The van der Waals surface area contributed by atoms with Crippen molar-refractivity contribution in [3.63, 3.8) is 0 Å². The van der Waals surface area contributed by atoms with Gasteiger partial charge in [-0.2, -0.15) is 4.58 Å². The van der Waals surface area contributed by atoms with Gasteiger partial charge in [-0.3, -0.25) is 19.2 Å². The maximum Gasteiger partial charge on any atom is 0.326 e. The summed E-state index contributed by atoms with van der Waals surface area (Å²) in [6, 6.07) is 21.2. The summed E-state index contributed by atoms with van der Waals surface area (Å²) in [6.07, 6.45) is 10.2. The Morgan fingerprint density at radius 1 is 0.688 bits per heavy atom. The summed E-state index contributed by atoms with van der Waals surface area (Å²) in [5.74, 6) is -6.67. The highest BCUT2D eigenvalue weighted by Crippen LogP contribution is 2.51. The quantitative estimate of drug-likeness (QED) is 0.0443. The number of carboxylic acids is 4. The van der Waals surface area contributed by atoms with E-state index in [9.17, 15) is 39.0 Å². The van der Waals surface area contributed by atoms with Gasteiger partial charge in [0.25, 0.3) is 0 Å². The molecule has 6 rings (SSSR count). The number of carbonyl (C=O) groups excluding carboxylic acids is 2. The first-order chi connectivity index (χ1) is 30.3. The van der Waals surface area contributed by atoms with Gasteiger partial charge in [0.15, 0.2) is 12.3 Å². The molecule has 0 aromatic heterocycles. The van der Waals surface area contributed by atoms with Crippen molar-refractivity contribution in [1.29, 1.82) is 0 Å². The summed E-state index contributed by atoms with van der Waals surface area (Å²) in [4.78, 5) is 73.9. The number of hydrogen-bond acceptors (Lipinski definition) is 7. The minimum atomic E-state index is -1.55. The Kier molecular flexibility index (Phi) is 13.7. The fourth-order valence-electron chi connectivity index (χ4n) is 8.90. The number of benzene rings is 4. The van der Waals surface area contributed by atoms with Crippen molar-refractivity contribution in [3.8, 4) is 0 Å². The third kappa shape index (κ3) is 9.81. The zero-order chi connectivity index (χ0) is 46.5. The average Bonchev–Trinajstić information content (AvgIpc) is 3.59. The number of aliphatic carboxylic acids is 4. The largest absolute Gasteiger partial charge is 0.481 e. The van der Waals surface area contributed by atoms with Gasteiger partial charge in [-0.05, 0) is 66.1 Å². The van der Waals surface area contributed by atoms with Crippen LogP contribution in [0.25, 0.3) is 21.5 Å². The molecular weight excluding hydrogens is 817 g/mol. The summed E-state index contributed by atoms with van der Waals surface area (Å²) in [6.45, 7) is 10.9. The summed E-state index contributed by atoms with van der Waals surface area (Å²) >= 11 is 0. The molecule has 64 heavy (non-hydrogen) atoms. The first-order valence-electron chi connectivity index (χ1n) is 21.0. The van der Waals surface area contributed by atoms with Gasteiger partial charge in [0.1, 0.15) is 12.1 Å². The van der Waals surface area contributed by atoms with Crippen molar-refractivity contribution in [2.75, 3.05) is 18.0 Å². The van der Waals surface area contributed by atoms with E-state index in [1.165, 1.54) is 0 Å². The predicted molar refractivity (Wildman–Crippen MR) is 244 cm³/mol. The molecule has 4 aromatic carbocycles. The number of amides is 2. The van der Waals surface area contributed by atoms with Crippen LogP contribution in [0.2, 0.25) is 0 Å². The second-order valence-corrected chi connectivity index (χ2v) is 17.1. The second kappa shape index (κ2) is 19.0. The van der Waals surface area contributed by atoms with Crippen LogP contribution in [0.5, 0.6) is 0 Å². The molecule has 14 nitrogen and oxygen atoms in total. The van der Waals surface area contributed by atoms with E-state index < -0.39 is 71.4 Å². The second-order valence-electron chi connectivity index (χ2n) is 17.1. The van der Waals surface area contributed by atoms with Gasteiger partial charge < -0.3 is 36.0 Å². The highest BCUT2D eigenvalue weighted by Gasteiger charge is 2.46. The molecule has 2 amide bonds. The van der Waals surface area contributed by atoms with E-state index in [2.05, 4.69) is 59.9 Å². The summed E-state index contributed by atoms with van der Waals surface area (Å²) in [7, 11) is 0. The van der Waals surface area contributed by atoms with Crippen molar-refractivity contribution < 1.29 is 53.8 Å². The van der Waals surface area contributed by atoms with Crippen LogP contribution in [-0.2, 0) is 39.6 Å². The van der Waals surface area contributed by atoms with Crippen LogP contribution < -0.4 is 15.5 Å². The monoisotopic (exact) mass is 869 g/mol. The number of allylic oxidation sites excluding steroid dienone is 8. The number of hydrogen-bond donors (Lipinski definition) is 6. The van der Waals surface area contributed by atoms with Crippen molar-refractivity contribution >= 4 is 74.3 Å². The summed E-state index contributed by atoms with van der Waals surface area (Å²) in [5.41, 5.74) is 5.75. The first-order valence-corrected chi connectivity index (χ1v) is 21.0. The molecule has 0 saturated heterocycles. The molecule has 0 fully saturated rings. The van der Waals surface area contributed by atoms with Crippen LogP contribution >= 0.6 is 0 Å². The molecule has 0 aliphatic carbocycles. The molecule has 14 heteroatoms. The van der Waals surface area contributed by atoms with Gasteiger partial charge in [-0.25, -0.2) is 9.59 Å². The standard InChI is InChI=1S/C50H52N4O10/c1-30(12-10-18-39-49(2,3)45-33-16-8-6-14-31(33)20-22-37(45)53(39)26-24-41(55)51-35(47(61)62)28-43(57)58)13-11-19-40-50(4,5)46-34-17-9-7-15-32(34)21-23-38(46)54(40)27-25-42(56)52-36(48(63)64)29-44(59)60/h6-23,35-36H,24-29H2,1-5H3,(H5-,51,52,55,56,57,58,59,60,61,62,63,64)/p+1/t35-,36+. The van der Waals surface area contributed by atoms with E-state index >= 15 is 0 Å². The van der Waals surface area contributed by atoms with Gasteiger partial charge in [0.2, 0.25) is 17.5 Å². The molecule has 4 aromatic rings. The molecule has 0 spiro atoms. The van der Waals surface area contributed by atoms with E-state index in [-0.39, 0.29) is 25.9 Å². The lowest BCUT2D eigenvalue weighted by atomic mass is 9.79. The first kappa shape index (κ1) is 46.2. The SMILES string of the molecule is CC(/C=C/C=C1/N(CCC(=O)N[C@H](CC(=O)O)C(=O)O)c2ccc3ccccc3c2C1(C)C)=C\C=C\C1=[N+](CCC(=O)N[C@@H](CC(=O)O)C(=O)O)c2ccc3ccccc3c2C1(C)C. The van der Waals surface area contributed by atoms with Gasteiger partial charge >= 0.3 is 23.9 Å². The number of anilines is 1. The van der Waals surface area contributed by atoms with E-state index in [0.29, 0.717) is 0 Å². The molecule has 332 valence electrons. The van der Waals surface area contributed by atoms with Crippen LogP contribution in [0.15, 0.2) is 121 Å². The zero-order valence-electron chi connectivity index (χ0n) is 36.4. The lowest BCUT2D eigenvalue weighted by molar-refractivity contribution is -0.436. The fraction of sp³-hybridized carbons (Fsp3) is 0.300. The number of carbonyl (C=O) groups is 6. The van der Waals surface area contributed by atoms with E-state index in [1.807, 2.05) is 104 Å². The predicted octanol–water partition coefficient (Wildman–Crippen LogP) is 6.98. The Balaban J connectivity index is 1.28. The van der Waals surface area contributed by atoms with Crippen LogP contribution in [0.1, 0.15) is 71.4 Å². The number of carboxylic acid groups (broad SMARTS) is 4. The maximum absolute atomic E-state index is 13.0. The molecule has 0 unspecified atom stereocenters. The van der Waals surface area contributed by atoms with E-state index in [1.54, 1.807) is 0 Å². The van der Waals surface area contributed by atoms with Crippen LogP contribution in [0, 0.1) is 0 Å². The Bertz CT molecular complexity index is 2720. The van der Waals surface area contributed by atoms with Gasteiger partial charge in [-0.15, -0.1) is 0 Å². The van der Waals surface area contributed by atoms with Crippen molar-refractivity contribution in [2.45, 2.75) is 83.2 Å². The minimum absolute atomic E-state index is 0.0827. The molecular formula is C50H53N4O10+. The smallest absolute Gasteiger partial charge is 0.326 e. The molecule has 2 atom stereocenters. The third-order valence-electron chi connectivity index (χ3n) is 11.9. The highest BCUT2D eigenvalue weighted by atomic mass is 16.4. The molecule has 6 N–H and O–H groups in total. The Hall–Kier alpha value is -7.35. The Morgan fingerprint density at radius 3 is 1.81 bits per heavy atom. The molecule has 0 bridgehead atoms. The van der Waals surface area contributed by atoms with Gasteiger partial charge in [-0.1, -0.05) is 98.3 Å². The van der Waals surface area contributed by atoms with Crippen molar-refractivity contribution in [3.05, 3.63) is 132 Å². The average molecular weight is 870 g/mol. The zero-order valence-corrected chi connectivity index (χ0v) is 36.4. The fourth-order valence-corrected chi connectivity index (χ4v) is 8.90. The topological polar surface area (TPSA) is 214 Å². The summed E-state index contributed by atoms with van der Waals surface area (Å²) in [5, 5.41) is 46.3. The van der Waals surface area contributed by atoms with Gasteiger partial charge in [0.05, 0.1) is 24.7 Å². The Labute approximate surface area is 370 Å². The van der Waals surface area contributed by atoms with Crippen LogP contribution in [0.3, 0.4) is 0 Å². The van der Waals surface area contributed by atoms with Gasteiger partial charge in [0, 0.05) is 47.5 Å². The van der Waals surface area contributed by atoms with Crippen molar-refractivity contribution in [1.82, 2.24) is 10.6 Å². The Morgan fingerprint density at radius 2 is 1.23 bits per heavy atom. The number of rotatable bonds is 18. The number of fused-ring (bicyclic) bond motifs is 6. The number of nitrogens with one attached hydrogen (secondary N) is 2. The lowest BCUT2D eigenvalue weighted by Crippen LogP contribution is -2.43.